The van der Waals surface area contributed by atoms with E-state index in [2.05, 4.69) is 9.47 Å². The van der Waals surface area contributed by atoms with Gasteiger partial charge in [0, 0.05) is 5.88 Å². The zero-order chi connectivity index (χ0) is 9.94. The molecule has 13 heavy (non-hydrogen) atoms. The third-order valence-electron chi connectivity index (χ3n) is 1.42. The second-order valence-electron chi connectivity index (χ2n) is 2.46. The molecule has 0 aromatic carbocycles. The van der Waals surface area contributed by atoms with Crippen molar-refractivity contribution in [1.29, 1.82) is 0 Å². The zero-order valence-electron chi connectivity index (χ0n) is 7.43. The predicted molar refractivity (Wildman–Crippen MR) is 52.3 cm³/mol. The van der Waals surface area contributed by atoms with E-state index >= 15 is 0 Å². The number of carbonyl (C=O) groups is 1. The summed E-state index contributed by atoms with van der Waals surface area (Å²) in [5.41, 5.74) is 0. The van der Waals surface area contributed by atoms with Crippen LogP contribution in [0.3, 0.4) is 0 Å². The SMILES string of the molecule is O=C(OCCl)OCCCCCCCl. The number of rotatable bonds is 7. The van der Waals surface area contributed by atoms with E-state index in [0.29, 0.717) is 12.5 Å². The van der Waals surface area contributed by atoms with Gasteiger partial charge in [0.1, 0.15) is 0 Å². The minimum absolute atomic E-state index is 0.162. The van der Waals surface area contributed by atoms with E-state index in [4.69, 9.17) is 23.2 Å². The van der Waals surface area contributed by atoms with Crippen LogP contribution in [0.15, 0.2) is 0 Å². The van der Waals surface area contributed by atoms with Gasteiger partial charge in [-0.2, -0.15) is 0 Å². The molecule has 0 saturated carbocycles. The molecule has 0 spiro atoms. The van der Waals surface area contributed by atoms with Crippen LogP contribution in [-0.4, -0.2) is 24.7 Å². The van der Waals surface area contributed by atoms with E-state index in [1.165, 1.54) is 0 Å². The van der Waals surface area contributed by atoms with Crippen LogP contribution in [0.4, 0.5) is 4.79 Å². The summed E-state index contributed by atoms with van der Waals surface area (Å²) in [6.07, 6.45) is 3.23. The summed E-state index contributed by atoms with van der Waals surface area (Å²) in [5.74, 6) is 0.690. The van der Waals surface area contributed by atoms with Gasteiger partial charge in [-0.05, 0) is 12.8 Å². The largest absolute Gasteiger partial charge is 0.509 e. The molecular formula is C8H14Cl2O3. The Morgan fingerprint density at radius 3 is 2.31 bits per heavy atom. The van der Waals surface area contributed by atoms with Gasteiger partial charge in [0.2, 0.25) is 0 Å². The Hall–Kier alpha value is -0.150. The molecule has 0 rings (SSSR count). The molecule has 0 N–H and O–H groups in total. The maximum absolute atomic E-state index is 10.6. The summed E-state index contributed by atoms with van der Waals surface area (Å²) in [5, 5.41) is 0. The van der Waals surface area contributed by atoms with Crippen LogP contribution in [-0.2, 0) is 9.47 Å². The van der Waals surface area contributed by atoms with Crippen molar-refractivity contribution < 1.29 is 14.3 Å². The minimum atomic E-state index is -0.702. The van der Waals surface area contributed by atoms with E-state index in [9.17, 15) is 4.79 Å². The Morgan fingerprint density at radius 1 is 1.00 bits per heavy atom. The van der Waals surface area contributed by atoms with Crippen molar-refractivity contribution in [2.45, 2.75) is 25.7 Å². The molecule has 0 heterocycles. The topological polar surface area (TPSA) is 35.5 Å². The van der Waals surface area contributed by atoms with Crippen molar-refractivity contribution in [3.63, 3.8) is 0 Å². The molecule has 0 atom stereocenters. The first kappa shape index (κ1) is 12.8. The number of carbonyl (C=O) groups excluding carboxylic acids is 1. The van der Waals surface area contributed by atoms with Crippen molar-refractivity contribution >= 4 is 29.4 Å². The zero-order valence-corrected chi connectivity index (χ0v) is 8.94. The minimum Gasteiger partial charge on any atom is -0.434 e. The second kappa shape index (κ2) is 9.93. The van der Waals surface area contributed by atoms with E-state index in [1.807, 2.05) is 0 Å². The Bertz CT molecular complexity index is 131. The number of ether oxygens (including phenoxy) is 2. The molecular weight excluding hydrogens is 215 g/mol. The van der Waals surface area contributed by atoms with E-state index in [-0.39, 0.29) is 6.07 Å². The fourth-order valence-corrected chi connectivity index (χ4v) is 1.07. The number of hydrogen-bond acceptors (Lipinski definition) is 3. The van der Waals surface area contributed by atoms with Gasteiger partial charge in [-0.3, -0.25) is 0 Å². The van der Waals surface area contributed by atoms with Crippen LogP contribution in [0.1, 0.15) is 25.7 Å². The molecule has 78 valence electrons. The van der Waals surface area contributed by atoms with Crippen LogP contribution in [0.2, 0.25) is 0 Å². The van der Waals surface area contributed by atoms with E-state index in [1.54, 1.807) is 0 Å². The fraction of sp³-hybridized carbons (Fsp3) is 0.875. The molecule has 0 fully saturated rings. The molecule has 0 saturated heterocycles. The van der Waals surface area contributed by atoms with Crippen LogP contribution >= 0.6 is 23.2 Å². The lowest BCUT2D eigenvalue weighted by atomic mass is 10.2. The fourth-order valence-electron chi connectivity index (χ4n) is 0.792. The highest BCUT2D eigenvalue weighted by Gasteiger charge is 2.00. The first-order valence-electron chi connectivity index (χ1n) is 4.22. The van der Waals surface area contributed by atoms with Crippen LogP contribution in [0.25, 0.3) is 0 Å². The van der Waals surface area contributed by atoms with Crippen LogP contribution in [0.5, 0.6) is 0 Å². The molecule has 0 bridgehead atoms. The first-order chi connectivity index (χ1) is 6.31. The summed E-state index contributed by atoms with van der Waals surface area (Å²) >= 11 is 10.6. The monoisotopic (exact) mass is 228 g/mol. The summed E-state index contributed by atoms with van der Waals surface area (Å²) < 4.78 is 9.04. The number of hydrogen-bond donors (Lipinski definition) is 0. The quantitative estimate of drug-likeness (QED) is 0.382. The van der Waals surface area contributed by atoms with Gasteiger partial charge in [-0.25, -0.2) is 4.79 Å². The van der Waals surface area contributed by atoms with Gasteiger partial charge in [0.15, 0.2) is 6.07 Å². The predicted octanol–water partition coefficient (Wildman–Crippen LogP) is 3.14. The molecule has 0 aliphatic heterocycles. The summed E-state index contributed by atoms with van der Waals surface area (Å²) in [7, 11) is 0. The lowest BCUT2D eigenvalue weighted by Gasteiger charge is -2.02. The maximum atomic E-state index is 10.6. The lowest BCUT2D eigenvalue weighted by Crippen LogP contribution is -2.07. The van der Waals surface area contributed by atoms with Gasteiger partial charge in [-0.1, -0.05) is 24.4 Å². The average molecular weight is 229 g/mol. The van der Waals surface area contributed by atoms with Crippen molar-refractivity contribution in [1.82, 2.24) is 0 Å². The number of alkyl halides is 2. The average Bonchev–Trinajstić information content (AvgIpc) is 2.11. The van der Waals surface area contributed by atoms with E-state index < -0.39 is 6.16 Å². The van der Waals surface area contributed by atoms with Crippen molar-refractivity contribution in [2.75, 3.05) is 18.6 Å². The molecule has 0 aliphatic carbocycles. The lowest BCUT2D eigenvalue weighted by molar-refractivity contribution is 0.0664. The maximum Gasteiger partial charge on any atom is 0.509 e. The van der Waals surface area contributed by atoms with Gasteiger partial charge >= 0.3 is 6.16 Å². The van der Waals surface area contributed by atoms with Gasteiger partial charge < -0.3 is 9.47 Å². The van der Waals surface area contributed by atoms with Crippen molar-refractivity contribution in [2.24, 2.45) is 0 Å². The van der Waals surface area contributed by atoms with Crippen LogP contribution < -0.4 is 0 Å². The highest BCUT2D eigenvalue weighted by Crippen LogP contribution is 2.01. The smallest absolute Gasteiger partial charge is 0.434 e. The molecule has 0 unspecified atom stereocenters. The highest BCUT2D eigenvalue weighted by atomic mass is 35.5. The molecule has 3 nitrogen and oxygen atoms in total. The normalized spacial score (nSPS) is 9.69. The third kappa shape index (κ3) is 9.77. The standard InChI is InChI=1S/C8H14Cl2O3/c9-5-3-1-2-4-6-12-8(11)13-7-10/h1-7H2. The van der Waals surface area contributed by atoms with Crippen molar-refractivity contribution in [3.05, 3.63) is 0 Å². The second-order valence-corrected chi connectivity index (χ2v) is 3.05. The van der Waals surface area contributed by atoms with Gasteiger partial charge in [0.25, 0.3) is 0 Å². The number of unbranched alkanes of at least 4 members (excludes halogenated alkanes) is 3. The summed E-state index contributed by atoms with van der Waals surface area (Å²) in [4.78, 5) is 10.6. The van der Waals surface area contributed by atoms with E-state index in [0.717, 1.165) is 25.7 Å². The molecule has 0 aliphatic rings. The highest BCUT2D eigenvalue weighted by molar-refractivity contribution is 6.17. The Morgan fingerprint density at radius 2 is 1.69 bits per heavy atom. The Labute approximate surface area is 88.3 Å². The summed E-state index contributed by atoms with van der Waals surface area (Å²) in [6.45, 7) is 0.387. The summed E-state index contributed by atoms with van der Waals surface area (Å²) in [6, 6.07) is -0.162. The molecule has 0 aromatic heterocycles. The van der Waals surface area contributed by atoms with Crippen LogP contribution in [0, 0.1) is 0 Å². The Balaban J connectivity index is 3.02. The van der Waals surface area contributed by atoms with Gasteiger partial charge in [0.05, 0.1) is 6.61 Å². The Kier molecular flexibility index (Phi) is 9.82. The van der Waals surface area contributed by atoms with Gasteiger partial charge in [-0.15, -0.1) is 11.6 Å². The molecule has 0 aromatic rings. The first-order valence-corrected chi connectivity index (χ1v) is 5.29. The number of halogens is 2. The molecule has 0 amide bonds. The third-order valence-corrected chi connectivity index (χ3v) is 1.80. The van der Waals surface area contributed by atoms with Crippen molar-refractivity contribution in [3.8, 4) is 0 Å². The molecule has 0 radical (unpaired) electrons. The molecule has 5 heteroatoms.